The van der Waals surface area contributed by atoms with Crippen molar-refractivity contribution in [1.82, 2.24) is 0 Å². The van der Waals surface area contributed by atoms with Crippen LogP contribution in [0.1, 0.15) is 15.9 Å². The van der Waals surface area contributed by atoms with Crippen molar-refractivity contribution in [3.8, 4) is 0 Å². The highest BCUT2D eigenvalue weighted by molar-refractivity contribution is 6.31. The monoisotopic (exact) mass is 298 g/mol. The minimum absolute atomic E-state index is 0.159. The van der Waals surface area contributed by atoms with Crippen LogP contribution in [0, 0.1) is 5.82 Å². The highest BCUT2D eigenvalue weighted by atomic mass is 35.5. The van der Waals surface area contributed by atoms with Gasteiger partial charge in [0.1, 0.15) is 12.4 Å². The molecule has 0 spiro atoms. The van der Waals surface area contributed by atoms with Gasteiger partial charge in [-0.2, -0.15) is 0 Å². The van der Waals surface area contributed by atoms with Crippen LogP contribution in [0.4, 0.5) is 4.39 Å². The molecule has 0 saturated carbocycles. The van der Waals surface area contributed by atoms with Crippen LogP contribution in [-0.4, -0.2) is 5.97 Å². The van der Waals surface area contributed by atoms with E-state index < -0.39 is 11.8 Å². The van der Waals surface area contributed by atoms with Crippen LogP contribution in [-0.2, 0) is 11.3 Å². The van der Waals surface area contributed by atoms with E-state index in [1.807, 2.05) is 0 Å². The van der Waals surface area contributed by atoms with E-state index in [0.29, 0.717) is 10.6 Å². The van der Waals surface area contributed by atoms with Gasteiger partial charge in [0.05, 0.1) is 10.6 Å². The lowest BCUT2D eigenvalue weighted by atomic mass is 10.2. The Morgan fingerprint density at radius 2 is 1.79 bits per heavy atom. The molecule has 0 aliphatic rings. The van der Waals surface area contributed by atoms with E-state index in [2.05, 4.69) is 0 Å². The summed E-state index contributed by atoms with van der Waals surface area (Å²) >= 11 is 11.5. The van der Waals surface area contributed by atoms with Crippen molar-refractivity contribution in [3.63, 3.8) is 0 Å². The van der Waals surface area contributed by atoms with E-state index in [-0.39, 0.29) is 17.2 Å². The van der Waals surface area contributed by atoms with Gasteiger partial charge in [0.25, 0.3) is 0 Å². The Bertz CT molecular complexity index is 577. The van der Waals surface area contributed by atoms with Crippen LogP contribution in [0.2, 0.25) is 10.0 Å². The van der Waals surface area contributed by atoms with Crippen molar-refractivity contribution < 1.29 is 13.9 Å². The molecule has 0 heterocycles. The van der Waals surface area contributed by atoms with Gasteiger partial charge >= 0.3 is 5.97 Å². The molecule has 0 atom stereocenters. The van der Waals surface area contributed by atoms with Gasteiger partial charge in [0.15, 0.2) is 0 Å². The minimum Gasteiger partial charge on any atom is -0.457 e. The largest absolute Gasteiger partial charge is 0.457 e. The minimum atomic E-state index is -0.559. The molecule has 0 bridgehead atoms. The van der Waals surface area contributed by atoms with Crippen molar-refractivity contribution in [1.29, 1.82) is 0 Å². The zero-order valence-electron chi connectivity index (χ0n) is 9.70. The molecular formula is C14H9Cl2FO2. The van der Waals surface area contributed by atoms with Crippen LogP contribution >= 0.6 is 23.2 Å². The molecule has 2 aromatic carbocycles. The summed E-state index contributed by atoms with van der Waals surface area (Å²) in [5.74, 6) is -1.06. The fourth-order valence-corrected chi connectivity index (χ4v) is 1.82. The molecule has 19 heavy (non-hydrogen) atoms. The first kappa shape index (κ1) is 13.8. The number of ether oxygens (including phenoxy) is 1. The molecular weight excluding hydrogens is 290 g/mol. The second-order valence-electron chi connectivity index (χ2n) is 3.78. The third kappa shape index (κ3) is 3.46. The maximum absolute atomic E-state index is 13.5. The normalized spacial score (nSPS) is 10.3. The van der Waals surface area contributed by atoms with Gasteiger partial charge in [0.2, 0.25) is 0 Å². The van der Waals surface area contributed by atoms with Crippen LogP contribution < -0.4 is 0 Å². The molecule has 0 aliphatic heterocycles. The maximum Gasteiger partial charge on any atom is 0.338 e. The average molecular weight is 299 g/mol. The average Bonchev–Trinajstić information content (AvgIpc) is 2.38. The summed E-state index contributed by atoms with van der Waals surface area (Å²) in [5.41, 5.74) is 0.503. The zero-order chi connectivity index (χ0) is 13.8. The summed E-state index contributed by atoms with van der Waals surface area (Å²) in [6.45, 7) is -0.215. The Hall–Kier alpha value is -1.58. The highest BCUT2D eigenvalue weighted by Crippen LogP contribution is 2.20. The van der Waals surface area contributed by atoms with E-state index in [1.165, 1.54) is 30.3 Å². The van der Waals surface area contributed by atoms with Gasteiger partial charge in [-0.05, 0) is 36.4 Å². The summed E-state index contributed by atoms with van der Waals surface area (Å²) < 4.78 is 18.5. The number of benzene rings is 2. The van der Waals surface area contributed by atoms with Crippen molar-refractivity contribution >= 4 is 29.2 Å². The van der Waals surface area contributed by atoms with Gasteiger partial charge in [-0.25, -0.2) is 9.18 Å². The second kappa shape index (κ2) is 6.04. The molecule has 0 aromatic heterocycles. The molecule has 5 heteroatoms. The molecule has 0 fully saturated rings. The van der Waals surface area contributed by atoms with Gasteiger partial charge in [-0.3, -0.25) is 0 Å². The van der Waals surface area contributed by atoms with Crippen molar-refractivity contribution in [2.75, 3.05) is 0 Å². The second-order valence-corrected chi connectivity index (χ2v) is 4.63. The lowest BCUT2D eigenvalue weighted by Gasteiger charge is -2.07. The molecule has 0 radical (unpaired) electrons. The maximum atomic E-state index is 13.5. The third-order valence-electron chi connectivity index (χ3n) is 2.49. The predicted molar refractivity (Wildman–Crippen MR) is 72.0 cm³/mol. The first-order chi connectivity index (χ1) is 9.08. The highest BCUT2D eigenvalue weighted by Gasteiger charge is 2.11. The number of hydrogen-bond acceptors (Lipinski definition) is 2. The fourth-order valence-electron chi connectivity index (χ4n) is 1.48. The summed E-state index contributed by atoms with van der Waals surface area (Å²) in [7, 11) is 0. The van der Waals surface area contributed by atoms with Gasteiger partial charge in [-0.1, -0.05) is 29.3 Å². The Morgan fingerprint density at radius 3 is 2.42 bits per heavy atom. The molecule has 0 amide bonds. The Labute approximate surface area is 119 Å². The molecule has 2 nitrogen and oxygen atoms in total. The van der Waals surface area contributed by atoms with E-state index in [0.717, 1.165) is 0 Å². The first-order valence-corrected chi connectivity index (χ1v) is 6.19. The standard InChI is InChI=1S/C14H9Cl2FO2/c15-10-6-4-9(5-7-10)14(18)19-8-11-12(16)2-1-3-13(11)17/h1-7H,8H2. The molecule has 0 unspecified atom stereocenters. The Morgan fingerprint density at radius 1 is 1.11 bits per heavy atom. The lowest BCUT2D eigenvalue weighted by Crippen LogP contribution is -2.06. The van der Waals surface area contributed by atoms with Crippen LogP contribution in [0.5, 0.6) is 0 Å². The molecule has 0 N–H and O–H groups in total. The van der Waals surface area contributed by atoms with Gasteiger partial charge in [0, 0.05) is 10.6 Å². The van der Waals surface area contributed by atoms with E-state index in [4.69, 9.17) is 27.9 Å². The predicted octanol–water partition coefficient (Wildman–Crippen LogP) is 4.49. The number of rotatable bonds is 3. The Kier molecular flexibility index (Phi) is 4.40. The van der Waals surface area contributed by atoms with Gasteiger partial charge in [-0.15, -0.1) is 0 Å². The third-order valence-corrected chi connectivity index (χ3v) is 3.10. The van der Waals surface area contributed by atoms with Crippen molar-refractivity contribution in [2.24, 2.45) is 0 Å². The van der Waals surface area contributed by atoms with Crippen molar-refractivity contribution in [3.05, 3.63) is 69.5 Å². The molecule has 2 rings (SSSR count). The van der Waals surface area contributed by atoms with Crippen molar-refractivity contribution in [2.45, 2.75) is 6.61 Å². The summed E-state index contributed by atoms with van der Waals surface area (Å²) in [6.07, 6.45) is 0. The Balaban J connectivity index is 2.06. The van der Waals surface area contributed by atoms with E-state index in [9.17, 15) is 9.18 Å². The molecule has 0 aliphatic carbocycles. The molecule has 0 saturated heterocycles. The van der Waals surface area contributed by atoms with E-state index in [1.54, 1.807) is 12.1 Å². The number of carbonyl (C=O) groups excluding carboxylic acids is 1. The molecule has 2 aromatic rings. The number of carbonyl (C=O) groups is 1. The molecule has 98 valence electrons. The van der Waals surface area contributed by atoms with Gasteiger partial charge < -0.3 is 4.74 Å². The topological polar surface area (TPSA) is 26.3 Å². The van der Waals surface area contributed by atoms with E-state index >= 15 is 0 Å². The summed E-state index contributed by atoms with van der Waals surface area (Å²) in [4.78, 5) is 11.7. The number of hydrogen-bond donors (Lipinski definition) is 0. The zero-order valence-corrected chi connectivity index (χ0v) is 11.2. The SMILES string of the molecule is O=C(OCc1c(F)cccc1Cl)c1ccc(Cl)cc1. The number of halogens is 3. The van der Waals surface area contributed by atoms with Crippen LogP contribution in [0.3, 0.4) is 0 Å². The quantitative estimate of drug-likeness (QED) is 0.781. The van der Waals surface area contributed by atoms with Crippen LogP contribution in [0.15, 0.2) is 42.5 Å². The number of esters is 1. The van der Waals surface area contributed by atoms with Crippen LogP contribution in [0.25, 0.3) is 0 Å². The fraction of sp³-hybridized carbons (Fsp3) is 0.0714. The lowest BCUT2D eigenvalue weighted by molar-refractivity contribution is 0.0469. The first-order valence-electron chi connectivity index (χ1n) is 5.43. The summed E-state index contributed by atoms with van der Waals surface area (Å²) in [6, 6.07) is 10.5. The summed E-state index contributed by atoms with van der Waals surface area (Å²) in [5, 5.41) is 0.748. The smallest absolute Gasteiger partial charge is 0.338 e.